The Labute approximate surface area is 96.5 Å². The zero-order valence-electron chi connectivity index (χ0n) is 8.85. The van der Waals surface area contributed by atoms with Crippen molar-refractivity contribution in [1.82, 2.24) is 0 Å². The van der Waals surface area contributed by atoms with Gasteiger partial charge < -0.3 is 10.0 Å². The summed E-state index contributed by atoms with van der Waals surface area (Å²) in [5.74, 6) is -2.54. The number of benzene rings is 1. The van der Waals surface area contributed by atoms with Crippen LogP contribution in [0.4, 0.5) is 14.5 Å². The number of carbonyl (C=O) groups excluding carboxylic acids is 1. The van der Waals surface area contributed by atoms with Crippen LogP contribution in [0.1, 0.15) is 6.42 Å². The number of nitrogens with zero attached hydrogens (tertiary/aromatic N) is 1. The van der Waals surface area contributed by atoms with E-state index in [1.165, 1.54) is 12.1 Å². The fourth-order valence-corrected chi connectivity index (χ4v) is 1.30. The van der Waals surface area contributed by atoms with Crippen LogP contribution in [0.25, 0.3) is 0 Å². The highest BCUT2D eigenvalue weighted by Gasteiger charge is 2.24. The molecule has 0 saturated heterocycles. The third kappa shape index (κ3) is 3.82. The third-order valence-corrected chi connectivity index (χ3v) is 2.07. The molecular formula is C11H11F2NO3. The van der Waals surface area contributed by atoms with Crippen LogP contribution in [0.5, 0.6) is 0 Å². The molecule has 0 aliphatic heterocycles. The lowest BCUT2D eigenvalue weighted by Crippen LogP contribution is -2.37. The van der Waals surface area contributed by atoms with Gasteiger partial charge in [-0.1, -0.05) is 18.2 Å². The highest BCUT2D eigenvalue weighted by atomic mass is 19.3. The smallest absolute Gasteiger partial charge is 0.316 e. The largest absolute Gasteiger partial charge is 0.481 e. The van der Waals surface area contributed by atoms with Gasteiger partial charge in [0.25, 0.3) is 5.91 Å². The van der Waals surface area contributed by atoms with Crippen molar-refractivity contribution >= 4 is 17.6 Å². The predicted molar refractivity (Wildman–Crippen MR) is 57.1 cm³/mol. The van der Waals surface area contributed by atoms with Gasteiger partial charge in [0.15, 0.2) is 0 Å². The van der Waals surface area contributed by atoms with Crippen molar-refractivity contribution in [2.24, 2.45) is 0 Å². The summed E-state index contributed by atoms with van der Waals surface area (Å²) in [6, 6.07) is 7.79. The second kappa shape index (κ2) is 5.93. The minimum atomic E-state index is -3.15. The third-order valence-electron chi connectivity index (χ3n) is 2.07. The molecule has 0 radical (unpaired) electrons. The van der Waals surface area contributed by atoms with Crippen molar-refractivity contribution in [2.75, 3.05) is 11.4 Å². The quantitative estimate of drug-likeness (QED) is 0.857. The minimum Gasteiger partial charge on any atom is -0.481 e. The number of carboxylic acids is 1. The molecule has 0 aliphatic carbocycles. The van der Waals surface area contributed by atoms with E-state index in [2.05, 4.69) is 0 Å². The molecule has 1 N–H and O–H groups in total. The molecule has 0 bridgehead atoms. The van der Waals surface area contributed by atoms with Gasteiger partial charge in [-0.25, -0.2) is 0 Å². The number of aliphatic carboxylic acids is 1. The molecule has 1 aromatic rings. The van der Waals surface area contributed by atoms with E-state index in [1.807, 2.05) is 0 Å². The number of para-hydroxylation sites is 1. The van der Waals surface area contributed by atoms with Gasteiger partial charge in [-0.15, -0.1) is 0 Å². The molecule has 6 heteroatoms. The molecule has 0 spiro atoms. The maximum absolute atomic E-state index is 12.3. The van der Waals surface area contributed by atoms with E-state index >= 15 is 0 Å². The van der Waals surface area contributed by atoms with Gasteiger partial charge in [-0.05, 0) is 12.1 Å². The van der Waals surface area contributed by atoms with E-state index in [0.717, 1.165) is 4.90 Å². The molecule has 0 heterocycles. The number of anilines is 1. The summed E-state index contributed by atoms with van der Waals surface area (Å²) in [6.45, 7) is -0.275. The van der Waals surface area contributed by atoms with E-state index in [4.69, 9.17) is 5.11 Å². The van der Waals surface area contributed by atoms with E-state index in [9.17, 15) is 18.4 Å². The molecule has 4 nitrogen and oxygen atoms in total. The zero-order chi connectivity index (χ0) is 12.8. The summed E-state index contributed by atoms with van der Waals surface area (Å²) >= 11 is 0. The molecule has 1 amide bonds. The maximum Gasteiger partial charge on any atom is 0.316 e. The molecule has 0 fully saturated rings. The van der Waals surface area contributed by atoms with Crippen molar-refractivity contribution in [3.05, 3.63) is 30.3 Å². The first kappa shape index (κ1) is 13.1. The van der Waals surface area contributed by atoms with Crippen LogP contribution in [-0.2, 0) is 9.59 Å². The number of carbonyl (C=O) groups is 2. The standard InChI is InChI=1S/C11H11F2NO3/c12-10(13)11(17)14(7-6-9(15)16)8-4-2-1-3-5-8/h1-5,10H,6-7H2,(H,15,16). The van der Waals surface area contributed by atoms with Crippen LogP contribution in [0.2, 0.25) is 0 Å². The van der Waals surface area contributed by atoms with Gasteiger partial charge in [0.05, 0.1) is 6.42 Å². The van der Waals surface area contributed by atoms with E-state index in [0.29, 0.717) is 0 Å². The normalized spacial score (nSPS) is 10.3. The zero-order valence-corrected chi connectivity index (χ0v) is 8.85. The summed E-state index contributed by atoms with van der Waals surface area (Å²) in [5.41, 5.74) is 0.263. The SMILES string of the molecule is O=C(O)CCN(C(=O)C(F)F)c1ccccc1. The number of amides is 1. The highest BCUT2D eigenvalue weighted by Crippen LogP contribution is 2.16. The second-order valence-electron chi connectivity index (χ2n) is 3.27. The summed E-state index contributed by atoms with van der Waals surface area (Å²) in [4.78, 5) is 22.4. The average molecular weight is 243 g/mol. The van der Waals surface area contributed by atoms with Gasteiger partial charge >= 0.3 is 12.4 Å². The number of rotatable bonds is 5. The van der Waals surface area contributed by atoms with Crippen LogP contribution >= 0.6 is 0 Å². The Balaban J connectivity index is 2.86. The Morgan fingerprint density at radius 3 is 2.29 bits per heavy atom. The van der Waals surface area contributed by atoms with Gasteiger partial charge in [0.2, 0.25) is 0 Å². The first-order valence-corrected chi connectivity index (χ1v) is 4.88. The van der Waals surface area contributed by atoms with Crippen LogP contribution in [-0.4, -0.2) is 30.0 Å². The number of alkyl halides is 2. The number of hydrogen-bond donors (Lipinski definition) is 1. The Bertz CT molecular complexity index is 395. The van der Waals surface area contributed by atoms with Crippen molar-refractivity contribution < 1.29 is 23.5 Å². The molecule has 17 heavy (non-hydrogen) atoms. The predicted octanol–water partition coefficient (Wildman–Crippen LogP) is 1.76. The monoisotopic (exact) mass is 243 g/mol. The van der Waals surface area contributed by atoms with E-state index in [1.54, 1.807) is 18.2 Å². The molecule has 1 rings (SSSR count). The molecule has 0 saturated carbocycles. The number of halogens is 2. The Morgan fingerprint density at radius 1 is 1.24 bits per heavy atom. The van der Waals surface area contributed by atoms with E-state index < -0.39 is 18.3 Å². The maximum atomic E-state index is 12.3. The average Bonchev–Trinajstić information content (AvgIpc) is 2.30. The lowest BCUT2D eigenvalue weighted by Gasteiger charge is -2.21. The van der Waals surface area contributed by atoms with Crippen LogP contribution in [0.15, 0.2) is 30.3 Å². The minimum absolute atomic E-state index is 0.263. The molecule has 0 atom stereocenters. The van der Waals surface area contributed by atoms with Gasteiger partial charge in [-0.2, -0.15) is 8.78 Å². The van der Waals surface area contributed by atoms with Crippen molar-refractivity contribution in [3.63, 3.8) is 0 Å². The fraction of sp³-hybridized carbons (Fsp3) is 0.273. The topological polar surface area (TPSA) is 57.6 Å². The first-order chi connectivity index (χ1) is 8.02. The number of carboxylic acid groups (broad SMARTS) is 1. The van der Waals surface area contributed by atoms with Crippen LogP contribution in [0.3, 0.4) is 0 Å². The molecule has 0 aliphatic rings. The summed E-state index contributed by atoms with van der Waals surface area (Å²) in [5, 5.41) is 8.50. The Kier molecular flexibility index (Phi) is 4.56. The molecule has 0 aromatic heterocycles. The highest BCUT2D eigenvalue weighted by molar-refractivity contribution is 5.95. The summed E-state index contributed by atoms with van der Waals surface area (Å²) < 4.78 is 24.7. The molecule has 0 unspecified atom stereocenters. The van der Waals surface area contributed by atoms with Crippen LogP contribution in [0, 0.1) is 0 Å². The van der Waals surface area contributed by atoms with Crippen molar-refractivity contribution in [3.8, 4) is 0 Å². The van der Waals surface area contributed by atoms with Gasteiger partial charge in [-0.3, -0.25) is 9.59 Å². The lowest BCUT2D eigenvalue weighted by molar-refractivity contribution is -0.136. The second-order valence-corrected chi connectivity index (χ2v) is 3.27. The van der Waals surface area contributed by atoms with E-state index in [-0.39, 0.29) is 18.7 Å². The molecule has 1 aromatic carbocycles. The van der Waals surface area contributed by atoms with Crippen molar-refractivity contribution in [1.29, 1.82) is 0 Å². The Hall–Kier alpha value is -1.98. The first-order valence-electron chi connectivity index (χ1n) is 4.88. The van der Waals surface area contributed by atoms with Gasteiger partial charge in [0.1, 0.15) is 0 Å². The fourth-order valence-electron chi connectivity index (χ4n) is 1.30. The summed E-state index contributed by atoms with van der Waals surface area (Å²) in [7, 11) is 0. The van der Waals surface area contributed by atoms with Gasteiger partial charge in [0, 0.05) is 12.2 Å². The number of hydrogen-bond acceptors (Lipinski definition) is 2. The molecular weight excluding hydrogens is 232 g/mol. The molecule has 92 valence electrons. The Morgan fingerprint density at radius 2 is 1.82 bits per heavy atom. The summed E-state index contributed by atoms with van der Waals surface area (Å²) in [6.07, 6.45) is -3.53. The van der Waals surface area contributed by atoms with Crippen molar-refractivity contribution in [2.45, 2.75) is 12.8 Å². The van der Waals surface area contributed by atoms with Crippen LogP contribution < -0.4 is 4.90 Å². The lowest BCUT2D eigenvalue weighted by atomic mass is 10.2.